The van der Waals surface area contributed by atoms with Crippen LogP contribution in [0.4, 0.5) is 11.6 Å². The summed E-state index contributed by atoms with van der Waals surface area (Å²) < 4.78 is 9.94. The van der Waals surface area contributed by atoms with E-state index in [0.717, 1.165) is 0 Å². The number of morpholine rings is 1. The van der Waals surface area contributed by atoms with Crippen molar-refractivity contribution in [2.24, 2.45) is 0 Å². The van der Waals surface area contributed by atoms with E-state index in [2.05, 4.69) is 20.0 Å². The molecule has 130 valence electrons. The van der Waals surface area contributed by atoms with Crippen LogP contribution in [-0.2, 0) is 9.47 Å². The number of hydrogen-bond acceptors (Lipinski definition) is 7. The maximum atomic E-state index is 12.4. The average molecular weight is 342 g/mol. The lowest BCUT2D eigenvalue weighted by Crippen LogP contribution is -2.37. The standard InChI is InChI=1S/C17H18N4O4/c1-24-16(23)12-2-4-13(5-3-12)19-15(22)14-6-7-18-17(20-14)21-8-10-25-11-9-21/h2-7H,8-11H2,1H3,(H,19,22). The number of anilines is 2. The molecule has 25 heavy (non-hydrogen) atoms. The zero-order valence-corrected chi connectivity index (χ0v) is 13.8. The molecule has 1 aromatic heterocycles. The molecule has 1 amide bonds. The highest BCUT2D eigenvalue weighted by Crippen LogP contribution is 2.13. The summed E-state index contributed by atoms with van der Waals surface area (Å²) in [7, 11) is 1.32. The molecule has 1 aliphatic heterocycles. The van der Waals surface area contributed by atoms with Gasteiger partial charge in [-0.1, -0.05) is 0 Å². The quantitative estimate of drug-likeness (QED) is 0.838. The number of benzene rings is 1. The molecule has 1 aromatic carbocycles. The smallest absolute Gasteiger partial charge is 0.337 e. The molecule has 0 saturated carbocycles. The van der Waals surface area contributed by atoms with E-state index in [0.29, 0.717) is 43.5 Å². The molecule has 2 aromatic rings. The molecule has 0 bridgehead atoms. The summed E-state index contributed by atoms with van der Waals surface area (Å²) >= 11 is 0. The van der Waals surface area contributed by atoms with Gasteiger partial charge in [-0.2, -0.15) is 0 Å². The number of nitrogens with zero attached hydrogens (tertiary/aromatic N) is 3. The van der Waals surface area contributed by atoms with Crippen LogP contribution >= 0.6 is 0 Å². The third-order valence-corrected chi connectivity index (χ3v) is 3.73. The van der Waals surface area contributed by atoms with E-state index in [1.54, 1.807) is 36.5 Å². The predicted octanol–water partition coefficient (Wildman–Crippen LogP) is 1.35. The summed E-state index contributed by atoms with van der Waals surface area (Å²) in [6.07, 6.45) is 1.56. The second-order valence-corrected chi connectivity index (χ2v) is 5.36. The Morgan fingerprint density at radius 1 is 1.16 bits per heavy atom. The fraction of sp³-hybridized carbons (Fsp3) is 0.294. The Labute approximate surface area is 144 Å². The largest absolute Gasteiger partial charge is 0.465 e. The molecular weight excluding hydrogens is 324 g/mol. The van der Waals surface area contributed by atoms with Crippen LogP contribution in [-0.4, -0.2) is 55.3 Å². The van der Waals surface area contributed by atoms with Gasteiger partial charge >= 0.3 is 5.97 Å². The monoisotopic (exact) mass is 342 g/mol. The van der Waals surface area contributed by atoms with E-state index in [1.165, 1.54) is 7.11 Å². The molecule has 3 rings (SSSR count). The van der Waals surface area contributed by atoms with Gasteiger partial charge in [0.1, 0.15) is 5.69 Å². The van der Waals surface area contributed by atoms with Crippen LogP contribution in [0.1, 0.15) is 20.8 Å². The highest BCUT2D eigenvalue weighted by Gasteiger charge is 2.16. The first-order valence-electron chi connectivity index (χ1n) is 7.83. The van der Waals surface area contributed by atoms with Gasteiger partial charge in [0.2, 0.25) is 5.95 Å². The van der Waals surface area contributed by atoms with Gasteiger partial charge in [-0.3, -0.25) is 4.79 Å². The lowest BCUT2D eigenvalue weighted by atomic mass is 10.2. The molecule has 8 heteroatoms. The Bertz CT molecular complexity index is 757. The van der Waals surface area contributed by atoms with Gasteiger partial charge in [-0.15, -0.1) is 0 Å². The molecule has 8 nitrogen and oxygen atoms in total. The van der Waals surface area contributed by atoms with Crippen LogP contribution < -0.4 is 10.2 Å². The zero-order chi connectivity index (χ0) is 17.6. The van der Waals surface area contributed by atoms with Crippen LogP contribution in [0.25, 0.3) is 0 Å². The van der Waals surface area contributed by atoms with E-state index in [-0.39, 0.29) is 11.6 Å². The first-order chi connectivity index (χ1) is 12.2. The molecule has 0 spiro atoms. The van der Waals surface area contributed by atoms with Gasteiger partial charge < -0.3 is 19.7 Å². The van der Waals surface area contributed by atoms with Gasteiger partial charge in [0.05, 0.1) is 25.9 Å². The highest BCUT2D eigenvalue weighted by atomic mass is 16.5. The predicted molar refractivity (Wildman–Crippen MR) is 90.8 cm³/mol. The molecule has 1 aliphatic rings. The third kappa shape index (κ3) is 4.10. The number of carbonyl (C=O) groups is 2. The lowest BCUT2D eigenvalue weighted by molar-refractivity contribution is 0.0600. The minimum absolute atomic E-state index is 0.272. The van der Waals surface area contributed by atoms with Crippen molar-refractivity contribution in [2.75, 3.05) is 43.6 Å². The summed E-state index contributed by atoms with van der Waals surface area (Å²) in [5.41, 5.74) is 1.25. The van der Waals surface area contributed by atoms with Crippen molar-refractivity contribution in [3.63, 3.8) is 0 Å². The summed E-state index contributed by atoms with van der Waals surface area (Å²) in [6, 6.07) is 7.99. The summed E-state index contributed by atoms with van der Waals surface area (Å²) in [5, 5.41) is 2.75. The van der Waals surface area contributed by atoms with Crippen molar-refractivity contribution < 1.29 is 19.1 Å². The number of ether oxygens (including phenoxy) is 2. The van der Waals surface area contributed by atoms with Crippen molar-refractivity contribution in [3.8, 4) is 0 Å². The maximum absolute atomic E-state index is 12.4. The number of aromatic nitrogens is 2. The number of carbonyl (C=O) groups excluding carboxylic acids is 2. The van der Waals surface area contributed by atoms with Crippen LogP contribution in [0, 0.1) is 0 Å². The van der Waals surface area contributed by atoms with Gasteiger partial charge in [0.25, 0.3) is 5.91 Å². The molecule has 0 aliphatic carbocycles. The Hall–Kier alpha value is -3.00. The van der Waals surface area contributed by atoms with Gasteiger partial charge in [0.15, 0.2) is 0 Å². The number of hydrogen-bond donors (Lipinski definition) is 1. The van der Waals surface area contributed by atoms with Gasteiger partial charge in [-0.25, -0.2) is 14.8 Å². The number of nitrogens with one attached hydrogen (secondary N) is 1. The van der Waals surface area contributed by atoms with Crippen molar-refractivity contribution in [1.82, 2.24) is 9.97 Å². The summed E-state index contributed by atoms with van der Waals surface area (Å²) in [4.78, 5) is 34.3. The molecule has 0 atom stereocenters. The molecule has 2 heterocycles. The lowest BCUT2D eigenvalue weighted by Gasteiger charge is -2.26. The second kappa shape index (κ2) is 7.71. The zero-order valence-electron chi connectivity index (χ0n) is 13.8. The number of amides is 1. The maximum Gasteiger partial charge on any atom is 0.337 e. The van der Waals surface area contributed by atoms with E-state index in [9.17, 15) is 9.59 Å². The Morgan fingerprint density at radius 2 is 1.88 bits per heavy atom. The first-order valence-corrected chi connectivity index (χ1v) is 7.83. The van der Waals surface area contributed by atoms with Crippen LogP contribution in [0.3, 0.4) is 0 Å². The SMILES string of the molecule is COC(=O)c1ccc(NC(=O)c2ccnc(N3CCOCC3)n2)cc1. The normalized spacial score (nSPS) is 14.0. The average Bonchev–Trinajstić information content (AvgIpc) is 2.68. The van der Waals surface area contributed by atoms with Gasteiger partial charge in [0, 0.05) is 25.0 Å². The molecular formula is C17H18N4O4. The number of rotatable bonds is 4. The Morgan fingerprint density at radius 3 is 2.56 bits per heavy atom. The van der Waals surface area contributed by atoms with Crippen LogP contribution in [0.5, 0.6) is 0 Å². The van der Waals surface area contributed by atoms with Gasteiger partial charge in [-0.05, 0) is 30.3 Å². The van der Waals surface area contributed by atoms with Crippen molar-refractivity contribution >= 4 is 23.5 Å². The minimum atomic E-state index is -0.427. The van der Waals surface area contributed by atoms with E-state index >= 15 is 0 Å². The fourth-order valence-corrected chi connectivity index (χ4v) is 2.39. The number of methoxy groups -OCH3 is 1. The third-order valence-electron chi connectivity index (χ3n) is 3.73. The molecule has 0 radical (unpaired) electrons. The van der Waals surface area contributed by atoms with Crippen LogP contribution in [0.2, 0.25) is 0 Å². The molecule has 1 N–H and O–H groups in total. The summed E-state index contributed by atoms with van der Waals surface area (Å²) in [5.74, 6) is -0.261. The molecule has 1 fully saturated rings. The fourth-order valence-electron chi connectivity index (χ4n) is 2.39. The van der Waals surface area contributed by atoms with E-state index in [4.69, 9.17) is 4.74 Å². The van der Waals surface area contributed by atoms with E-state index in [1.807, 2.05) is 4.90 Å². The van der Waals surface area contributed by atoms with Crippen molar-refractivity contribution in [2.45, 2.75) is 0 Å². The van der Waals surface area contributed by atoms with Crippen LogP contribution in [0.15, 0.2) is 36.5 Å². The summed E-state index contributed by atoms with van der Waals surface area (Å²) in [6.45, 7) is 2.62. The van der Waals surface area contributed by atoms with Crippen molar-refractivity contribution in [3.05, 3.63) is 47.8 Å². The van der Waals surface area contributed by atoms with E-state index < -0.39 is 5.97 Å². The topological polar surface area (TPSA) is 93.6 Å². The first kappa shape index (κ1) is 16.8. The highest BCUT2D eigenvalue weighted by molar-refractivity contribution is 6.03. The Kier molecular flexibility index (Phi) is 5.20. The van der Waals surface area contributed by atoms with Crippen molar-refractivity contribution in [1.29, 1.82) is 0 Å². The second-order valence-electron chi connectivity index (χ2n) is 5.36. The Balaban J connectivity index is 1.69. The molecule has 1 saturated heterocycles. The number of esters is 1. The minimum Gasteiger partial charge on any atom is -0.465 e. The molecule has 0 unspecified atom stereocenters.